The molecule has 84 valence electrons. The van der Waals surface area contributed by atoms with E-state index in [1.807, 2.05) is 6.92 Å². The average molecular weight is 237 g/mol. The molecule has 0 saturated carbocycles. The highest BCUT2D eigenvalue weighted by Gasteiger charge is 2.12. The minimum Gasteiger partial charge on any atom is -0.399 e. The van der Waals surface area contributed by atoms with Crippen LogP contribution in [-0.2, 0) is 0 Å². The molecule has 3 nitrogen and oxygen atoms in total. The molecule has 1 unspecified atom stereocenters. The van der Waals surface area contributed by atoms with Crippen LogP contribution in [0.4, 0.5) is 5.69 Å². The van der Waals surface area contributed by atoms with Gasteiger partial charge in [0.25, 0.3) is 5.91 Å². The second-order valence-electron chi connectivity index (χ2n) is 3.52. The summed E-state index contributed by atoms with van der Waals surface area (Å²) in [5.74, 6) is 2.24. The molecule has 0 bridgehead atoms. The maximum atomic E-state index is 11.8. The van der Waals surface area contributed by atoms with Gasteiger partial charge in [-0.05, 0) is 25.1 Å². The first kappa shape index (κ1) is 12.4. The third-order valence-electron chi connectivity index (χ3n) is 2.04. The number of hydrogen-bond acceptors (Lipinski definition) is 2. The van der Waals surface area contributed by atoms with Crippen LogP contribution in [0.15, 0.2) is 18.2 Å². The maximum absolute atomic E-state index is 11.8. The van der Waals surface area contributed by atoms with Crippen LogP contribution in [0, 0.1) is 12.3 Å². The number of hydrogen-bond donors (Lipinski definition) is 2. The summed E-state index contributed by atoms with van der Waals surface area (Å²) in [5, 5.41) is 3.09. The van der Waals surface area contributed by atoms with Crippen LogP contribution in [0.5, 0.6) is 0 Å². The van der Waals surface area contributed by atoms with E-state index in [0.717, 1.165) is 0 Å². The molecule has 3 N–H and O–H groups in total. The lowest BCUT2D eigenvalue weighted by Crippen LogP contribution is -2.32. The van der Waals surface area contributed by atoms with E-state index in [1.54, 1.807) is 18.2 Å². The van der Waals surface area contributed by atoms with Crippen LogP contribution in [0.2, 0.25) is 5.02 Å². The number of amides is 1. The van der Waals surface area contributed by atoms with Crippen LogP contribution >= 0.6 is 11.6 Å². The topological polar surface area (TPSA) is 55.1 Å². The smallest absolute Gasteiger partial charge is 0.253 e. The van der Waals surface area contributed by atoms with E-state index in [-0.39, 0.29) is 11.9 Å². The Morgan fingerprint density at radius 2 is 2.38 bits per heavy atom. The van der Waals surface area contributed by atoms with E-state index in [2.05, 4.69) is 11.2 Å². The fourth-order valence-electron chi connectivity index (χ4n) is 1.24. The van der Waals surface area contributed by atoms with Gasteiger partial charge in [-0.25, -0.2) is 0 Å². The standard InChI is InChI=1S/C12H13ClN2O/c1-3-4-8(2)15-12(16)10-6-5-9(14)7-11(10)13/h1,5-8H,4,14H2,2H3,(H,15,16). The van der Waals surface area contributed by atoms with Crippen LogP contribution in [-0.4, -0.2) is 11.9 Å². The Morgan fingerprint density at radius 3 is 2.94 bits per heavy atom. The Morgan fingerprint density at radius 1 is 1.69 bits per heavy atom. The van der Waals surface area contributed by atoms with Gasteiger partial charge in [0.05, 0.1) is 10.6 Å². The molecule has 1 atom stereocenters. The molecular formula is C12H13ClN2O. The molecule has 0 aromatic heterocycles. The van der Waals surface area contributed by atoms with Gasteiger partial charge in [-0.15, -0.1) is 12.3 Å². The molecule has 0 fully saturated rings. The summed E-state index contributed by atoms with van der Waals surface area (Å²) in [4.78, 5) is 11.8. The number of nitrogens with one attached hydrogen (secondary N) is 1. The van der Waals surface area contributed by atoms with Crippen molar-refractivity contribution in [2.75, 3.05) is 5.73 Å². The van der Waals surface area contributed by atoms with E-state index in [4.69, 9.17) is 23.8 Å². The highest BCUT2D eigenvalue weighted by atomic mass is 35.5. The Kier molecular flexibility index (Phi) is 4.21. The van der Waals surface area contributed by atoms with Gasteiger partial charge in [-0.2, -0.15) is 0 Å². The van der Waals surface area contributed by atoms with Gasteiger partial charge < -0.3 is 11.1 Å². The minimum atomic E-state index is -0.243. The molecule has 0 saturated heterocycles. The SMILES string of the molecule is C#CCC(C)NC(=O)c1ccc(N)cc1Cl. The first-order valence-corrected chi connectivity index (χ1v) is 5.21. The third kappa shape index (κ3) is 3.18. The van der Waals surface area contributed by atoms with Gasteiger partial charge in [0, 0.05) is 18.2 Å². The summed E-state index contributed by atoms with van der Waals surface area (Å²) in [5.41, 5.74) is 6.46. The van der Waals surface area contributed by atoms with Crippen molar-refractivity contribution in [3.05, 3.63) is 28.8 Å². The van der Waals surface area contributed by atoms with Crippen molar-refractivity contribution in [3.8, 4) is 12.3 Å². The number of carbonyl (C=O) groups is 1. The quantitative estimate of drug-likeness (QED) is 0.624. The summed E-state index contributed by atoms with van der Waals surface area (Å²) in [6, 6.07) is 4.69. The molecule has 4 heteroatoms. The zero-order chi connectivity index (χ0) is 12.1. The van der Waals surface area contributed by atoms with Gasteiger partial charge in [0.2, 0.25) is 0 Å². The molecule has 16 heavy (non-hydrogen) atoms. The number of rotatable bonds is 3. The predicted molar refractivity (Wildman–Crippen MR) is 66.2 cm³/mol. The lowest BCUT2D eigenvalue weighted by Gasteiger charge is -2.11. The second-order valence-corrected chi connectivity index (χ2v) is 3.93. The normalized spacial score (nSPS) is 11.6. The monoisotopic (exact) mass is 236 g/mol. The third-order valence-corrected chi connectivity index (χ3v) is 2.35. The summed E-state index contributed by atoms with van der Waals surface area (Å²) < 4.78 is 0. The highest BCUT2D eigenvalue weighted by Crippen LogP contribution is 2.19. The molecule has 0 spiro atoms. The fourth-order valence-corrected chi connectivity index (χ4v) is 1.52. The fraction of sp³-hybridized carbons (Fsp3) is 0.250. The van der Waals surface area contributed by atoms with Gasteiger partial charge in [-0.1, -0.05) is 11.6 Å². The van der Waals surface area contributed by atoms with Gasteiger partial charge in [0.1, 0.15) is 0 Å². The van der Waals surface area contributed by atoms with Gasteiger partial charge >= 0.3 is 0 Å². The molecule has 0 aliphatic heterocycles. The number of anilines is 1. The average Bonchev–Trinajstić information content (AvgIpc) is 2.17. The Bertz CT molecular complexity index is 437. The molecule has 0 aliphatic rings. The van der Waals surface area contributed by atoms with E-state index < -0.39 is 0 Å². The zero-order valence-corrected chi connectivity index (χ0v) is 9.71. The van der Waals surface area contributed by atoms with Crippen LogP contribution in [0.1, 0.15) is 23.7 Å². The van der Waals surface area contributed by atoms with Crippen molar-refractivity contribution in [1.82, 2.24) is 5.32 Å². The Hall–Kier alpha value is -1.66. The van der Waals surface area contributed by atoms with Crippen molar-refractivity contribution in [2.45, 2.75) is 19.4 Å². The molecule has 1 aromatic carbocycles. The zero-order valence-electron chi connectivity index (χ0n) is 8.96. The number of carbonyl (C=O) groups excluding carboxylic acids is 1. The van der Waals surface area contributed by atoms with E-state index in [0.29, 0.717) is 22.7 Å². The molecule has 1 rings (SSSR count). The van der Waals surface area contributed by atoms with Gasteiger partial charge in [0.15, 0.2) is 0 Å². The maximum Gasteiger partial charge on any atom is 0.253 e. The van der Waals surface area contributed by atoms with Crippen LogP contribution in [0.3, 0.4) is 0 Å². The van der Waals surface area contributed by atoms with Crippen molar-refractivity contribution in [1.29, 1.82) is 0 Å². The van der Waals surface area contributed by atoms with Crippen molar-refractivity contribution >= 4 is 23.2 Å². The number of nitrogen functional groups attached to an aromatic ring is 1. The summed E-state index contributed by atoms with van der Waals surface area (Å²) in [6.07, 6.45) is 5.63. The van der Waals surface area contributed by atoms with E-state index in [1.165, 1.54) is 0 Å². The molecule has 1 aromatic rings. The summed E-state index contributed by atoms with van der Waals surface area (Å²) >= 11 is 5.90. The first-order valence-electron chi connectivity index (χ1n) is 4.84. The molecule has 1 amide bonds. The number of benzene rings is 1. The molecule has 0 aliphatic carbocycles. The number of nitrogens with two attached hydrogens (primary N) is 1. The second kappa shape index (κ2) is 5.43. The summed E-state index contributed by atoms with van der Waals surface area (Å²) in [7, 11) is 0. The molecule has 0 heterocycles. The van der Waals surface area contributed by atoms with Crippen molar-refractivity contribution < 1.29 is 4.79 Å². The predicted octanol–water partition coefficient (Wildman–Crippen LogP) is 2.06. The lowest BCUT2D eigenvalue weighted by atomic mass is 10.1. The van der Waals surface area contributed by atoms with E-state index in [9.17, 15) is 4.79 Å². The van der Waals surface area contributed by atoms with Crippen molar-refractivity contribution in [3.63, 3.8) is 0 Å². The largest absolute Gasteiger partial charge is 0.399 e. The minimum absolute atomic E-state index is 0.0777. The number of halogens is 1. The van der Waals surface area contributed by atoms with Crippen molar-refractivity contribution in [2.24, 2.45) is 0 Å². The highest BCUT2D eigenvalue weighted by molar-refractivity contribution is 6.34. The van der Waals surface area contributed by atoms with Crippen LogP contribution in [0.25, 0.3) is 0 Å². The Balaban J connectivity index is 2.78. The lowest BCUT2D eigenvalue weighted by molar-refractivity contribution is 0.0941. The first-order chi connectivity index (χ1) is 7.54. The summed E-state index contributed by atoms with van der Waals surface area (Å²) in [6.45, 7) is 1.84. The molecule has 0 radical (unpaired) electrons. The number of terminal acetylenes is 1. The van der Waals surface area contributed by atoms with Crippen LogP contribution < -0.4 is 11.1 Å². The Labute approximate surface area is 100.0 Å². The molecular weight excluding hydrogens is 224 g/mol. The van der Waals surface area contributed by atoms with E-state index >= 15 is 0 Å². The van der Waals surface area contributed by atoms with Gasteiger partial charge in [-0.3, -0.25) is 4.79 Å².